The number of nitrogens with zero attached hydrogens (tertiary/aromatic N) is 1. The van der Waals surface area contributed by atoms with E-state index in [0.717, 1.165) is 12.3 Å². The molecule has 3 nitrogen and oxygen atoms in total. The van der Waals surface area contributed by atoms with Crippen molar-refractivity contribution in [2.75, 3.05) is 26.2 Å². The second-order valence-electron chi connectivity index (χ2n) is 3.74. The Morgan fingerprint density at radius 1 is 1.41 bits per heavy atom. The van der Waals surface area contributed by atoms with Crippen LogP contribution in [0, 0.1) is 0 Å². The maximum Gasteiger partial charge on any atom is 0.401 e. The van der Waals surface area contributed by atoms with Crippen molar-refractivity contribution in [1.29, 1.82) is 0 Å². The summed E-state index contributed by atoms with van der Waals surface area (Å²) in [5.74, 6) is 0.822. The SMILES string of the molecule is CCN(CCNCC(F)(F)F)Cc1ccco1. The number of furan rings is 1. The van der Waals surface area contributed by atoms with Crippen LogP contribution < -0.4 is 5.32 Å². The lowest BCUT2D eigenvalue weighted by Crippen LogP contribution is -2.36. The molecule has 0 amide bonds. The predicted octanol–water partition coefficient (Wildman–Crippen LogP) is 2.25. The van der Waals surface area contributed by atoms with Crippen LogP contribution in [0.25, 0.3) is 0 Å². The van der Waals surface area contributed by atoms with Gasteiger partial charge in [-0.1, -0.05) is 6.92 Å². The Kier molecular flexibility index (Phi) is 5.50. The highest BCUT2D eigenvalue weighted by atomic mass is 19.4. The van der Waals surface area contributed by atoms with Gasteiger partial charge in [0, 0.05) is 13.1 Å². The average molecular weight is 250 g/mol. The number of likely N-dealkylation sites (N-methyl/N-ethyl adjacent to an activating group) is 1. The molecule has 0 saturated carbocycles. The lowest BCUT2D eigenvalue weighted by molar-refractivity contribution is -0.124. The highest BCUT2D eigenvalue weighted by Gasteiger charge is 2.25. The molecule has 1 heterocycles. The van der Waals surface area contributed by atoms with Crippen molar-refractivity contribution in [3.8, 4) is 0 Å². The van der Waals surface area contributed by atoms with Crippen LogP contribution in [0.5, 0.6) is 0 Å². The fraction of sp³-hybridized carbons (Fsp3) is 0.636. The van der Waals surface area contributed by atoms with E-state index in [2.05, 4.69) is 5.32 Å². The van der Waals surface area contributed by atoms with Gasteiger partial charge in [0.2, 0.25) is 0 Å². The minimum absolute atomic E-state index is 0.314. The van der Waals surface area contributed by atoms with Gasteiger partial charge >= 0.3 is 6.18 Å². The second-order valence-corrected chi connectivity index (χ2v) is 3.74. The summed E-state index contributed by atoms with van der Waals surface area (Å²) in [6.07, 6.45) is -2.55. The van der Waals surface area contributed by atoms with E-state index in [-0.39, 0.29) is 0 Å². The third kappa shape index (κ3) is 6.33. The van der Waals surface area contributed by atoms with E-state index < -0.39 is 12.7 Å². The van der Waals surface area contributed by atoms with Crippen molar-refractivity contribution in [1.82, 2.24) is 10.2 Å². The summed E-state index contributed by atoms with van der Waals surface area (Å²) < 4.78 is 40.8. The maximum atomic E-state index is 11.9. The monoisotopic (exact) mass is 250 g/mol. The third-order valence-corrected chi connectivity index (χ3v) is 2.34. The van der Waals surface area contributed by atoms with Gasteiger partial charge in [-0.2, -0.15) is 13.2 Å². The molecule has 0 aromatic carbocycles. The Labute approximate surface area is 98.6 Å². The van der Waals surface area contributed by atoms with Gasteiger partial charge in [-0.05, 0) is 18.7 Å². The van der Waals surface area contributed by atoms with E-state index in [1.165, 1.54) is 0 Å². The van der Waals surface area contributed by atoms with Gasteiger partial charge in [-0.25, -0.2) is 0 Å². The number of rotatable bonds is 7. The molecule has 98 valence electrons. The largest absolute Gasteiger partial charge is 0.468 e. The molecule has 0 atom stereocenters. The molecule has 0 aliphatic carbocycles. The van der Waals surface area contributed by atoms with Crippen LogP contribution in [0.3, 0.4) is 0 Å². The zero-order valence-electron chi connectivity index (χ0n) is 9.76. The van der Waals surface area contributed by atoms with Gasteiger partial charge in [0.05, 0.1) is 19.4 Å². The summed E-state index contributed by atoms with van der Waals surface area (Å²) in [5.41, 5.74) is 0. The van der Waals surface area contributed by atoms with Crippen molar-refractivity contribution in [3.05, 3.63) is 24.2 Å². The van der Waals surface area contributed by atoms with Gasteiger partial charge in [-0.15, -0.1) is 0 Å². The Morgan fingerprint density at radius 2 is 2.18 bits per heavy atom. The Morgan fingerprint density at radius 3 is 2.71 bits per heavy atom. The van der Waals surface area contributed by atoms with Crippen molar-refractivity contribution >= 4 is 0 Å². The van der Waals surface area contributed by atoms with Crippen molar-refractivity contribution < 1.29 is 17.6 Å². The molecule has 0 unspecified atom stereocenters. The summed E-state index contributed by atoms with van der Waals surface area (Å²) in [4.78, 5) is 2.02. The standard InChI is InChI=1S/C11H17F3N2O/c1-2-16(8-10-4-3-7-17-10)6-5-15-9-11(12,13)14/h3-4,7,15H,2,5-6,8-9H2,1H3. The molecule has 0 aliphatic rings. The highest BCUT2D eigenvalue weighted by Crippen LogP contribution is 2.12. The van der Waals surface area contributed by atoms with E-state index in [1.54, 1.807) is 12.3 Å². The number of hydrogen-bond donors (Lipinski definition) is 1. The summed E-state index contributed by atoms with van der Waals surface area (Å²) in [6, 6.07) is 3.65. The van der Waals surface area contributed by atoms with E-state index in [0.29, 0.717) is 19.6 Å². The molecular weight excluding hydrogens is 233 g/mol. The fourth-order valence-electron chi connectivity index (χ4n) is 1.44. The molecule has 0 aliphatic heterocycles. The Bertz CT molecular complexity index is 298. The van der Waals surface area contributed by atoms with Crippen LogP contribution in [0.4, 0.5) is 13.2 Å². The first-order chi connectivity index (χ1) is 8.01. The molecule has 0 radical (unpaired) electrons. The van der Waals surface area contributed by atoms with Gasteiger partial charge < -0.3 is 9.73 Å². The minimum Gasteiger partial charge on any atom is -0.468 e. The van der Waals surface area contributed by atoms with E-state index in [1.807, 2.05) is 17.9 Å². The van der Waals surface area contributed by atoms with Gasteiger partial charge in [0.25, 0.3) is 0 Å². The van der Waals surface area contributed by atoms with Crippen LogP contribution in [0.1, 0.15) is 12.7 Å². The molecule has 0 spiro atoms. The molecule has 1 aromatic heterocycles. The average Bonchev–Trinajstić information content (AvgIpc) is 2.73. The molecule has 1 N–H and O–H groups in total. The summed E-state index contributed by atoms with van der Waals surface area (Å²) in [7, 11) is 0. The summed E-state index contributed by atoms with van der Waals surface area (Å²) >= 11 is 0. The molecule has 17 heavy (non-hydrogen) atoms. The van der Waals surface area contributed by atoms with Crippen molar-refractivity contribution in [2.45, 2.75) is 19.6 Å². The molecule has 6 heteroatoms. The van der Waals surface area contributed by atoms with Crippen LogP contribution in [-0.2, 0) is 6.54 Å². The number of hydrogen-bond acceptors (Lipinski definition) is 3. The summed E-state index contributed by atoms with van der Waals surface area (Å²) in [5, 5.41) is 2.37. The van der Waals surface area contributed by atoms with Gasteiger partial charge in [-0.3, -0.25) is 4.90 Å². The topological polar surface area (TPSA) is 28.4 Å². The Balaban J connectivity index is 2.19. The number of nitrogens with one attached hydrogen (secondary N) is 1. The van der Waals surface area contributed by atoms with E-state index in [4.69, 9.17) is 4.42 Å². The third-order valence-electron chi connectivity index (χ3n) is 2.34. The van der Waals surface area contributed by atoms with Gasteiger partial charge in [0.15, 0.2) is 0 Å². The predicted molar refractivity (Wildman–Crippen MR) is 58.6 cm³/mol. The lowest BCUT2D eigenvalue weighted by Gasteiger charge is -2.19. The molecule has 0 bridgehead atoms. The molecule has 0 fully saturated rings. The lowest BCUT2D eigenvalue weighted by atomic mass is 10.4. The Hall–Kier alpha value is -1.01. The molecule has 1 rings (SSSR count). The van der Waals surface area contributed by atoms with E-state index >= 15 is 0 Å². The smallest absolute Gasteiger partial charge is 0.401 e. The van der Waals surface area contributed by atoms with Crippen LogP contribution in [-0.4, -0.2) is 37.3 Å². The van der Waals surface area contributed by atoms with Crippen LogP contribution >= 0.6 is 0 Å². The molecule has 1 aromatic rings. The zero-order chi connectivity index (χ0) is 12.7. The first-order valence-electron chi connectivity index (χ1n) is 5.53. The van der Waals surface area contributed by atoms with Crippen molar-refractivity contribution in [3.63, 3.8) is 0 Å². The van der Waals surface area contributed by atoms with Crippen molar-refractivity contribution in [2.24, 2.45) is 0 Å². The number of halogens is 3. The zero-order valence-corrected chi connectivity index (χ0v) is 9.76. The van der Waals surface area contributed by atoms with Crippen LogP contribution in [0.2, 0.25) is 0 Å². The first kappa shape index (κ1) is 14.1. The molecule has 0 saturated heterocycles. The fourth-order valence-corrected chi connectivity index (χ4v) is 1.44. The highest BCUT2D eigenvalue weighted by molar-refractivity contribution is 4.97. The summed E-state index contributed by atoms with van der Waals surface area (Å²) in [6.45, 7) is 3.30. The molecular formula is C11H17F3N2O. The first-order valence-corrected chi connectivity index (χ1v) is 5.53. The normalized spacial score (nSPS) is 12.3. The van der Waals surface area contributed by atoms with Gasteiger partial charge in [0.1, 0.15) is 5.76 Å². The maximum absolute atomic E-state index is 11.9. The number of alkyl halides is 3. The second kappa shape index (κ2) is 6.66. The van der Waals surface area contributed by atoms with Crippen LogP contribution in [0.15, 0.2) is 22.8 Å². The quantitative estimate of drug-likeness (QED) is 0.752. The van der Waals surface area contributed by atoms with E-state index in [9.17, 15) is 13.2 Å². The minimum atomic E-state index is -4.14.